The molecule has 1 unspecified atom stereocenters. The van der Waals surface area contributed by atoms with Crippen molar-refractivity contribution in [3.8, 4) is 5.75 Å². The van der Waals surface area contributed by atoms with Crippen LogP contribution in [-0.2, 0) is 0 Å². The molecule has 0 spiro atoms. The van der Waals surface area contributed by atoms with Crippen LogP contribution in [0.4, 0.5) is 0 Å². The van der Waals surface area contributed by atoms with E-state index >= 15 is 0 Å². The number of para-hydroxylation sites is 1. The minimum absolute atomic E-state index is 0.0474. The summed E-state index contributed by atoms with van der Waals surface area (Å²) in [5, 5.41) is 4.20. The molecule has 0 heterocycles. The molecule has 4 heteroatoms. The van der Waals surface area contributed by atoms with Crippen LogP contribution in [0.15, 0.2) is 46.9 Å². The number of halogens is 2. The zero-order valence-corrected chi connectivity index (χ0v) is 13.8. The summed E-state index contributed by atoms with van der Waals surface area (Å²) in [5.41, 5.74) is 2.21. The minimum Gasteiger partial charge on any atom is -0.496 e. The van der Waals surface area contributed by atoms with E-state index < -0.39 is 0 Å². The van der Waals surface area contributed by atoms with Gasteiger partial charge in [0, 0.05) is 15.1 Å². The van der Waals surface area contributed by atoms with E-state index in [1.165, 1.54) is 0 Å². The maximum absolute atomic E-state index is 6.17. The van der Waals surface area contributed by atoms with Crippen molar-refractivity contribution in [3.05, 3.63) is 63.1 Å². The van der Waals surface area contributed by atoms with E-state index in [0.717, 1.165) is 27.9 Å². The molecule has 0 aliphatic carbocycles. The highest BCUT2D eigenvalue weighted by molar-refractivity contribution is 9.10. The maximum atomic E-state index is 6.17. The second-order valence-corrected chi connectivity index (χ2v) is 5.79. The van der Waals surface area contributed by atoms with Gasteiger partial charge >= 0.3 is 0 Å². The van der Waals surface area contributed by atoms with Crippen LogP contribution < -0.4 is 10.1 Å². The van der Waals surface area contributed by atoms with Gasteiger partial charge < -0.3 is 10.1 Å². The summed E-state index contributed by atoms with van der Waals surface area (Å²) in [5.74, 6) is 0.870. The molecular weight excluding hydrogens is 338 g/mol. The van der Waals surface area contributed by atoms with E-state index in [2.05, 4.69) is 40.3 Å². The summed E-state index contributed by atoms with van der Waals surface area (Å²) >= 11 is 9.66. The van der Waals surface area contributed by atoms with E-state index in [1.807, 2.05) is 30.3 Å². The van der Waals surface area contributed by atoms with Crippen molar-refractivity contribution >= 4 is 27.5 Å². The monoisotopic (exact) mass is 353 g/mol. The number of benzene rings is 2. The fraction of sp³-hybridized carbons (Fsp3) is 0.250. The Morgan fingerprint density at radius 3 is 2.65 bits per heavy atom. The van der Waals surface area contributed by atoms with Crippen LogP contribution in [0.5, 0.6) is 5.75 Å². The number of ether oxygens (including phenoxy) is 1. The summed E-state index contributed by atoms with van der Waals surface area (Å²) in [6.45, 7) is 2.94. The van der Waals surface area contributed by atoms with E-state index in [1.54, 1.807) is 7.11 Å². The summed E-state index contributed by atoms with van der Waals surface area (Å²) < 4.78 is 6.44. The number of methoxy groups -OCH3 is 1. The largest absolute Gasteiger partial charge is 0.496 e. The van der Waals surface area contributed by atoms with Crippen LogP contribution in [-0.4, -0.2) is 13.7 Å². The first-order valence-electron chi connectivity index (χ1n) is 6.48. The van der Waals surface area contributed by atoms with Crippen molar-refractivity contribution in [1.82, 2.24) is 5.32 Å². The van der Waals surface area contributed by atoms with Crippen LogP contribution >= 0.6 is 27.5 Å². The summed E-state index contributed by atoms with van der Waals surface area (Å²) in [6.07, 6.45) is 0. The van der Waals surface area contributed by atoms with Crippen molar-refractivity contribution < 1.29 is 4.74 Å². The Morgan fingerprint density at radius 2 is 2.00 bits per heavy atom. The van der Waals surface area contributed by atoms with E-state index in [9.17, 15) is 0 Å². The Balaban J connectivity index is 2.50. The number of nitrogens with one attached hydrogen (secondary N) is 1. The molecule has 0 amide bonds. The molecule has 0 radical (unpaired) electrons. The lowest BCUT2D eigenvalue weighted by atomic mass is 9.98. The second-order valence-electron chi connectivity index (χ2n) is 4.44. The van der Waals surface area contributed by atoms with E-state index in [-0.39, 0.29) is 6.04 Å². The van der Waals surface area contributed by atoms with Crippen molar-refractivity contribution in [1.29, 1.82) is 0 Å². The molecular formula is C16H17BrClNO. The zero-order chi connectivity index (χ0) is 14.5. The normalized spacial score (nSPS) is 12.2. The van der Waals surface area contributed by atoms with Gasteiger partial charge in [-0.05, 0) is 36.4 Å². The molecule has 2 aromatic rings. The molecule has 106 valence electrons. The van der Waals surface area contributed by atoms with Gasteiger partial charge in [-0.2, -0.15) is 0 Å². The van der Waals surface area contributed by atoms with Gasteiger partial charge in [0.05, 0.1) is 13.2 Å². The van der Waals surface area contributed by atoms with Crippen molar-refractivity contribution in [2.75, 3.05) is 13.7 Å². The van der Waals surface area contributed by atoms with Crippen molar-refractivity contribution in [2.24, 2.45) is 0 Å². The van der Waals surface area contributed by atoms with Crippen LogP contribution in [0.25, 0.3) is 0 Å². The zero-order valence-electron chi connectivity index (χ0n) is 11.5. The molecule has 0 bridgehead atoms. The average Bonchev–Trinajstić information content (AvgIpc) is 2.43. The van der Waals surface area contributed by atoms with Gasteiger partial charge in [0.15, 0.2) is 0 Å². The van der Waals surface area contributed by atoms with Gasteiger partial charge in [-0.25, -0.2) is 0 Å². The predicted octanol–water partition coefficient (Wildman–Crippen LogP) is 4.81. The average molecular weight is 355 g/mol. The summed E-state index contributed by atoms with van der Waals surface area (Å²) in [4.78, 5) is 0. The molecule has 20 heavy (non-hydrogen) atoms. The standard InChI is InChI=1S/C16H17BrClNO/c1-3-19-16(11-8-12(17)10-13(18)9-11)14-6-4-5-7-15(14)20-2/h4-10,16,19H,3H2,1-2H3. The second kappa shape index (κ2) is 7.11. The molecule has 2 aromatic carbocycles. The van der Waals surface area contributed by atoms with Gasteiger partial charge in [-0.1, -0.05) is 52.7 Å². The predicted molar refractivity (Wildman–Crippen MR) is 87.7 cm³/mol. The number of rotatable bonds is 5. The van der Waals surface area contributed by atoms with E-state index in [4.69, 9.17) is 16.3 Å². The van der Waals surface area contributed by atoms with Crippen LogP contribution in [0.3, 0.4) is 0 Å². The highest BCUT2D eigenvalue weighted by Crippen LogP contribution is 2.32. The lowest BCUT2D eigenvalue weighted by molar-refractivity contribution is 0.404. The first-order valence-corrected chi connectivity index (χ1v) is 7.65. The molecule has 0 aliphatic rings. The first kappa shape index (κ1) is 15.4. The Bertz CT molecular complexity index is 568. The Labute approximate surface area is 133 Å². The third-order valence-corrected chi connectivity index (χ3v) is 3.75. The lowest BCUT2D eigenvalue weighted by Gasteiger charge is -2.21. The molecule has 0 fully saturated rings. The molecule has 0 saturated carbocycles. The maximum Gasteiger partial charge on any atom is 0.123 e. The Hall–Kier alpha value is -1.03. The molecule has 1 N–H and O–H groups in total. The molecule has 0 aromatic heterocycles. The first-order chi connectivity index (χ1) is 9.65. The van der Waals surface area contributed by atoms with Gasteiger partial charge in [0.25, 0.3) is 0 Å². The molecule has 2 rings (SSSR count). The Kier molecular flexibility index (Phi) is 5.46. The number of hydrogen-bond acceptors (Lipinski definition) is 2. The van der Waals surface area contributed by atoms with Crippen molar-refractivity contribution in [2.45, 2.75) is 13.0 Å². The Morgan fingerprint density at radius 1 is 1.25 bits per heavy atom. The van der Waals surface area contributed by atoms with Crippen LogP contribution in [0.2, 0.25) is 5.02 Å². The third-order valence-electron chi connectivity index (χ3n) is 3.08. The highest BCUT2D eigenvalue weighted by atomic mass is 79.9. The SMILES string of the molecule is CCNC(c1cc(Cl)cc(Br)c1)c1ccccc1OC. The minimum atomic E-state index is 0.0474. The van der Waals surface area contributed by atoms with Crippen LogP contribution in [0, 0.1) is 0 Å². The van der Waals surface area contributed by atoms with Crippen molar-refractivity contribution in [3.63, 3.8) is 0 Å². The third kappa shape index (κ3) is 3.54. The fourth-order valence-corrected chi connectivity index (χ4v) is 3.14. The van der Waals surface area contributed by atoms with Gasteiger partial charge in [-0.15, -0.1) is 0 Å². The summed E-state index contributed by atoms with van der Waals surface area (Å²) in [7, 11) is 1.69. The van der Waals surface area contributed by atoms with E-state index in [0.29, 0.717) is 5.02 Å². The van der Waals surface area contributed by atoms with Gasteiger partial charge in [-0.3, -0.25) is 0 Å². The molecule has 0 aliphatic heterocycles. The molecule has 2 nitrogen and oxygen atoms in total. The molecule has 0 saturated heterocycles. The highest BCUT2D eigenvalue weighted by Gasteiger charge is 2.17. The quantitative estimate of drug-likeness (QED) is 0.832. The summed E-state index contributed by atoms with van der Waals surface area (Å²) in [6, 6.07) is 14.0. The number of hydrogen-bond donors (Lipinski definition) is 1. The van der Waals surface area contributed by atoms with Gasteiger partial charge in [0.1, 0.15) is 5.75 Å². The van der Waals surface area contributed by atoms with Gasteiger partial charge in [0.2, 0.25) is 0 Å². The molecule has 1 atom stereocenters. The smallest absolute Gasteiger partial charge is 0.123 e. The van der Waals surface area contributed by atoms with Crippen LogP contribution in [0.1, 0.15) is 24.1 Å². The lowest BCUT2D eigenvalue weighted by Crippen LogP contribution is -2.22. The fourth-order valence-electron chi connectivity index (χ4n) is 2.26. The topological polar surface area (TPSA) is 21.3 Å².